The van der Waals surface area contributed by atoms with Crippen LogP contribution in [0.25, 0.3) is 11.0 Å². The van der Waals surface area contributed by atoms with E-state index in [2.05, 4.69) is 50.4 Å². The highest BCUT2D eigenvalue weighted by molar-refractivity contribution is 5.78. The fourth-order valence-electron chi connectivity index (χ4n) is 6.36. The molecule has 0 radical (unpaired) electrons. The Kier molecular flexibility index (Phi) is 4.69. The van der Waals surface area contributed by atoms with E-state index in [1.807, 2.05) is 24.3 Å². The van der Waals surface area contributed by atoms with Gasteiger partial charge >= 0.3 is 5.69 Å². The lowest BCUT2D eigenvalue weighted by Gasteiger charge is -2.55. The number of carbonyl (C=O) groups is 1. The van der Waals surface area contributed by atoms with Crippen molar-refractivity contribution in [3.63, 3.8) is 0 Å². The first-order chi connectivity index (χ1) is 15.6. The molecule has 166 valence electrons. The Morgan fingerprint density at radius 3 is 2.44 bits per heavy atom. The second-order valence-corrected chi connectivity index (χ2v) is 9.65. The maximum atomic E-state index is 13.2. The maximum Gasteiger partial charge on any atom is 0.326 e. The van der Waals surface area contributed by atoms with Crippen molar-refractivity contribution in [2.45, 2.75) is 24.4 Å². The van der Waals surface area contributed by atoms with E-state index in [9.17, 15) is 9.59 Å². The van der Waals surface area contributed by atoms with Crippen molar-refractivity contribution in [2.24, 2.45) is 5.92 Å². The van der Waals surface area contributed by atoms with E-state index in [-0.39, 0.29) is 23.1 Å². The van der Waals surface area contributed by atoms with Crippen LogP contribution in [0.2, 0.25) is 0 Å². The van der Waals surface area contributed by atoms with E-state index in [0.29, 0.717) is 18.9 Å². The van der Waals surface area contributed by atoms with Gasteiger partial charge in [-0.05, 0) is 17.7 Å². The highest BCUT2D eigenvalue weighted by atomic mass is 16.2. The molecule has 32 heavy (non-hydrogen) atoms. The van der Waals surface area contributed by atoms with Gasteiger partial charge in [0.15, 0.2) is 0 Å². The first-order valence-corrected chi connectivity index (χ1v) is 11.6. The van der Waals surface area contributed by atoms with Crippen molar-refractivity contribution in [1.29, 1.82) is 0 Å². The third kappa shape index (κ3) is 3.19. The third-order valence-electron chi connectivity index (χ3n) is 7.71. The monoisotopic (exact) mass is 431 g/mol. The van der Waals surface area contributed by atoms with Gasteiger partial charge in [-0.25, -0.2) is 4.79 Å². The average Bonchev–Trinajstić information content (AvgIpc) is 2.92. The lowest BCUT2D eigenvalue weighted by molar-refractivity contribution is -0.124. The van der Waals surface area contributed by atoms with E-state index in [4.69, 9.17) is 0 Å². The number of rotatable bonds is 5. The predicted molar refractivity (Wildman–Crippen MR) is 124 cm³/mol. The van der Waals surface area contributed by atoms with Gasteiger partial charge < -0.3 is 20.1 Å². The van der Waals surface area contributed by atoms with Gasteiger partial charge in [-0.1, -0.05) is 42.5 Å². The van der Waals surface area contributed by atoms with Gasteiger partial charge in [0.05, 0.1) is 11.0 Å². The summed E-state index contributed by atoms with van der Waals surface area (Å²) in [6.07, 6.45) is 0.295. The van der Waals surface area contributed by atoms with Gasteiger partial charge in [-0.15, -0.1) is 0 Å². The number of hydrogen-bond donors (Lipinski definition) is 2. The Labute approximate surface area is 187 Å². The normalized spacial score (nSPS) is 31.0. The van der Waals surface area contributed by atoms with Crippen molar-refractivity contribution in [1.82, 2.24) is 24.7 Å². The van der Waals surface area contributed by atoms with E-state index in [0.717, 1.165) is 50.3 Å². The van der Waals surface area contributed by atoms with Crippen LogP contribution in [-0.4, -0.2) is 70.6 Å². The van der Waals surface area contributed by atoms with Crippen LogP contribution in [0.4, 0.5) is 0 Å². The number of benzene rings is 2. The summed E-state index contributed by atoms with van der Waals surface area (Å²) in [5, 5.41) is 3.44. The lowest BCUT2D eigenvalue weighted by atomic mass is 9.64. The second kappa shape index (κ2) is 7.60. The number of nitrogens with zero attached hydrogens (tertiary/aromatic N) is 3. The van der Waals surface area contributed by atoms with Crippen LogP contribution in [0.15, 0.2) is 59.4 Å². The third-order valence-corrected chi connectivity index (χ3v) is 7.71. The fraction of sp³-hybridized carbons (Fsp3) is 0.440. The zero-order valence-corrected chi connectivity index (χ0v) is 18.2. The van der Waals surface area contributed by atoms with E-state index < -0.39 is 0 Å². The number of para-hydroxylation sites is 2. The number of imidazole rings is 1. The molecule has 3 atom stereocenters. The van der Waals surface area contributed by atoms with Gasteiger partial charge in [-0.3, -0.25) is 9.36 Å². The molecule has 2 N–H and O–H groups in total. The van der Waals surface area contributed by atoms with Crippen LogP contribution in [-0.2, 0) is 16.8 Å². The van der Waals surface area contributed by atoms with Gasteiger partial charge in [0, 0.05) is 69.6 Å². The number of H-pyrrole nitrogens is 1. The molecule has 0 saturated carbocycles. The number of hydrogen-bond acceptors (Lipinski definition) is 4. The molecule has 4 fully saturated rings. The molecule has 7 heteroatoms. The first kappa shape index (κ1) is 19.8. The summed E-state index contributed by atoms with van der Waals surface area (Å²) in [7, 11) is 0. The molecule has 3 unspecified atom stereocenters. The number of nitrogens with one attached hydrogen (secondary N) is 2. The van der Waals surface area contributed by atoms with Crippen LogP contribution in [0.3, 0.4) is 0 Å². The molecule has 3 aromatic rings. The second-order valence-electron chi connectivity index (χ2n) is 9.65. The minimum Gasteiger partial charge on any atom is -0.352 e. The fourth-order valence-corrected chi connectivity index (χ4v) is 6.36. The van der Waals surface area contributed by atoms with Crippen LogP contribution in [0.1, 0.15) is 12.0 Å². The molecule has 4 saturated heterocycles. The standard InChI is InChI=1S/C25H29N5O2/c31-22(10-11-30-21-9-5-4-8-20(21)26-24(30)32)27-23-18-14-28-12-13-29(15-18)17-25(23,16-28)19-6-2-1-3-7-19/h1-9,18,23H,10-17H2,(H,26,32)(H,27,31). The van der Waals surface area contributed by atoms with E-state index >= 15 is 0 Å². The van der Waals surface area contributed by atoms with Gasteiger partial charge in [0.2, 0.25) is 5.91 Å². The highest BCUT2D eigenvalue weighted by Crippen LogP contribution is 2.43. The van der Waals surface area contributed by atoms with Crippen LogP contribution < -0.4 is 11.0 Å². The summed E-state index contributed by atoms with van der Waals surface area (Å²) in [5.74, 6) is 0.443. The predicted octanol–water partition coefficient (Wildman–Crippen LogP) is 1.40. The Hall–Kier alpha value is -2.90. The molecule has 0 spiro atoms. The molecule has 4 aliphatic heterocycles. The number of piperidine rings is 2. The van der Waals surface area contributed by atoms with Crippen LogP contribution in [0.5, 0.6) is 0 Å². The largest absolute Gasteiger partial charge is 0.352 e. The smallest absolute Gasteiger partial charge is 0.326 e. The van der Waals surface area contributed by atoms with Crippen molar-refractivity contribution < 1.29 is 4.79 Å². The quantitative estimate of drug-likeness (QED) is 0.641. The number of amides is 1. The molecular formula is C25H29N5O2. The molecule has 4 bridgehead atoms. The molecule has 1 aromatic heterocycles. The van der Waals surface area contributed by atoms with E-state index in [1.54, 1.807) is 4.57 Å². The van der Waals surface area contributed by atoms with Gasteiger partial charge in [0.1, 0.15) is 0 Å². The zero-order chi connectivity index (χ0) is 21.7. The Balaban J connectivity index is 1.25. The summed E-state index contributed by atoms with van der Waals surface area (Å²) in [6, 6.07) is 18.5. The lowest BCUT2D eigenvalue weighted by Crippen LogP contribution is -2.70. The first-order valence-electron chi connectivity index (χ1n) is 11.6. The number of aromatic nitrogens is 2. The number of aromatic amines is 1. The number of fused-ring (bicyclic) bond motifs is 2. The summed E-state index contributed by atoms with van der Waals surface area (Å²) in [4.78, 5) is 33.6. The highest BCUT2D eigenvalue weighted by Gasteiger charge is 2.55. The molecule has 7 rings (SSSR count). The molecule has 1 amide bonds. The molecule has 4 aliphatic rings. The van der Waals surface area contributed by atoms with Crippen LogP contribution in [0, 0.1) is 5.92 Å². The molecule has 5 heterocycles. The van der Waals surface area contributed by atoms with Crippen molar-refractivity contribution in [2.75, 3.05) is 39.3 Å². The number of carbonyl (C=O) groups excluding carboxylic acids is 1. The maximum absolute atomic E-state index is 13.2. The minimum absolute atomic E-state index is 0.0265. The van der Waals surface area contributed by atoms with Crippen molar-refractivity contribution in [3.8, 4) is 0 Å². The molecule has 2 aromatic carbocycles. The van der Waals surface area contributed by atoms with Gasteiger partial charge in [-0.2, -0.15) is 0 Å². The van der Waals surface area contributed by atoms with Crippen molar-refractivity contribution in [3.05, 3.63) is 70.6 Å². The summed E-state index contributed by atoms with van der Waals surface area (Å²) >= 11 is 0. The Morgan fingerprint density at radius 1 is 1.00 bits per heavy atom. The average molecular weight is 432 g/mol. The minimum atomic E-state index is -0.161. The Morgan fingerprint density at radius 2 is 1.69 bits per heavy atom. The Bertz CT molecular complexity index is 1180. The zero-order valence-electron chi connectivity index (χ0n) is 18.2. The summed E-state index contributed by atoms with van der Waals surface area (Å²) in [6.45, 7) is 6.64. The SMILES string of the molecule is O=C(CCn1c(=O)[nH]c2ccccc21)NC1C2CN3CCN(C2)CC1(c1ccccc1)C3. The summed E-state index contributed by atoms with van der Waals surface area (Å²) < 4.78 is 1.67. The molecule has 0 aliphatic carbocycles. The summed E-state index contributed by atoms with van der Waals surface area (Å²) in [5.41, 5.74) is 2.72. The molecule has 7 nitrogen and oxygen atoms in total. The van der Waals surface area contributed by atoms with E-state index in [1.165, 1.54) is 5.56 Å². The molecular weight excluding hydrogens is 402 g/mol. The van der Waals surface area contributed by atoms with Gasteiger partial charge in [0.25, 0.3) is 0 Å². The topological polar surface area (TPSA) is 73.4 Å². The van der Waals surface area contributed by atoms with Crippen molar-refractivity contribution >= 4 is 16.9 Å². The number of aryl methyl sites for hydroxylation is 1. The van der Waals surface area contributed by atoms with Crippen LogP contribution >= 0.6 is 0 Å².